The van der Waals surface area contributed by atoms with Gasteiger partial charge in [0, 0.05) is 25.1 Å². The first-order valence-corrected chi connectivity index (χ1v) is 8.51. The summed E-state index contributed by atoms with van der Waals surface area (Å²) < 4.78 is 0. The van der Waals surface area contributed by atoms with Crippen molar-refractivity contribution in [2.45, 2.75) is 25.8 Å². The van der Waals surface area contributed by atoms with Gasteiger partial charge in [0.25, 0.3) is 5.91 Å². The van der Waals surface area contributed by atoms with E-state index in [9.17, 15) is 4.79 Å². The van der Waals surface area contributed by atoms with Gasteiger partial charge in [0.1, 0.15) is 0 Å². The molecule has 1 aliphatic rings. The summed E-state index contributed by atoms with van der Waals surface area (Å²) in [7, 11) is 2.17. The van der Waals surface area contributed by atoms with E-state index in [0.29, 0.717) is 18.0 Å². The van der Waals surface area contributed by atoms with E-state index >= 15 is 0 Å². The van der Waals surface area contributed by atoms with E-state index in [1.807, 2.05) is 30.5 Å². The largest absolute Gasteiger partial charge is 0.346 e. The van der Waals surface area contributed by atoms with Gasteiger partial charge in [0.2, 0.25) is 0 Å². The van der Waals surface area contributed by atoms with Crippen molar-refractivity contribution in [2.24, 2.45) is 5.92 Å². The summed E-state index contributed by atoms with van der Waals surface area (Å²) in [4.78, 5) is 23.2. The number of aromatic nitrogens is 2. The fourth-order valence-electron chi connectivity index (χ4n) is 3.27. The monoisotopic (exact) mass is 324 g/mol. The molecule has 0 aliphatic carbocycles. The highest BCUT2D eigenvalue weighted by Gasteiger charge is 2.18. The third-order valence-corrected chi connectivity index (χ3v) is 4.46. The van der Waals surface area contributed by atoms with E-state index in [1.165, 1.54) is 19.4 Å². The van der Waals surface area contributed by atoms with Crippen molar-refractivity contribution in [1.29, 1.82) is 0 Å². The minimum absolute atomic E-state index is 0.101. The van der Waals surface area contributed by atoms with Crippen LogP contribution in [0.15, 0.2) is 42.9 Å². The van der Waals surface area contributed by atoms with Gasteiger partial charge >= 0.3 is 0 Å². The first-order valence-electron chi connectivity index (χ1n) is 8.51. The molecule has 1 N–H and O–H groups in total. The van der Waals surface area contributed by atoms with Crippen LogP contribution >= 0.6 is 0 Å². The number of nitrogens with zero attached hydrogens (tertiary/aromatic N) is 3. The average Bonchev–Trinajstić information content (AvgIpc) is 2.61. The Morgan fingerprint density at radius 3 is 3.08 bits per heavy atom. The van der Waals surface area contributed by atoms with Crippen LogP contribution < -0.4 is 5.32 Å². The summed E-state index contributed by atoms with van der Waals surface area (Å²) in [5.74, 6) is 0.549. The van der Waals surface area contributed by atoms with E-state index in [-0.39, 0.29) is 5.91 Å². The molecule has 0 aromatic carbocycles. The second kappa shape index (κ2) is 8.02. The second-order valence-electron chi connectivity index (χ2n) is 6.56. The van der Waals surface area contributed by atoms with Gasteiger partial charge in [0.05, 0.1) is 17.8 Å². The molecule has 1 fully saturated rings. The van der Waals surface area contributed by atoms with Crippen LogP contribution in [0.3, 0.4) is 0 Å². The molecule has 0 spiro atoms. The molecule has 1 amide bonds. The lowest BCUT2D eigenvalue weighted by Crippen LogP contribution is -2.33. The third-order valence-electron chi connectivity index (χ3n) is 4.46. The number of hydrogen-bond acceptors (Lipinski definition) is 4. The number of pyridine rings is 2. The summed E-state index contributed by atoms with van der Waals surface area (Å²) >= 11 is 0. The van der Waals surface area contributed by atoms with Crippen molar-refractivity contribution in [3.8, 4) is 0 Å². The van der Waals surface area contributed by atoms with Gasteiger partial charge in [-0.2, -0.15) is 0 Å². The van der Waals surface area contributed by atoms with Gasteiger partial charge in [0.15, 0.2) is 0 Å². The van der Waals surface area contributed by atoms with Crippen LogP contribution in [-0.4, -0.2) is 40.9 Å². The maximum absolute atomic E-state index is 12.3. The number of hydrogen-bond donors (Lipinski definition) is 1. The molecule has 24 heavy (non-hydrogen) atoms. The predicted molar refractivity (Wildman–Crippen MR) is 93.6 cm³/mol. The average molecular weight is 324 g/mol. The maximum atomic E-state index is 12.3. The normalized spacial score (nSPS) is 18.3. The maximum Gasteiger partial charge on any atom is 0.253 e. The Balaban J connectivity index is 1.58. The third kappa shape index (κ3) is 4.61. The molecule has 5 nitrogen and oxygen atoms in total. The van der Waals surface area contributed by atoms with Crippen molar-refractivity contribution >= 4 is 5.91 Å². The quantitative estimate of drug-likeness (QED) is 0.917. The molecule has 0 bridgehead atoms. The lowest BCUT2D eigenvalue weighted by atomic mass is 9.92. The summed E-state index contributed by atoms with van der Waals surface area (Å²) in [6, 6.07) is 7.64. The molecule has 1 unspecified atom stereocenters. The first-order chi connectivity index (χ1) is 11.7. The molecule has 126 valence electrons. The summed E-state index contributed by atoms with van der Waals surface area (Å²) in [6.07, 6.45) is 8.72. The van der Waals surface area contributed by atoms with Gasteiger partial charge in [-0.05, 0) is 62.5 Å². The van der Waals surface area contributed by atoms with Gasteiger partial charge < -0.3 is 10.2 Å². The number of piperidine rings is 1. The summed E-state index contributed by atoms with van der Waals surface area (Å²) in [5, 5.41) is 2.90. The topological polar surface area (TPSA) is 58.1 Å². The predicted octanol–water partition coefficient (Wildman–Crippen LogP) is 2.29. The lowest BCUT2D eigenvalue weighted by molar-refractivity contribution is 0.0950. The number of amides is 1. The van der Waals surface area contributed by atoms with Crippen molar-refractivity contribution in [2.75, 3.05) is 20.1 Å². The van der Waals surface area contributed by atoms with Gasteiger partial charge in [-0.15, -0.1) is 0 Å². The Labute approximate surface area is 143 Å². The van der Waals surface area contributed by atoms with Crippen LogP contribution in [0.4, 0.5) is 0 Å². The lowest BCUT2D eigenvalue weighted by Gasteiger charge is -2.29. The second-order valence-corrected chi connectivity index (χ2v) is 6.56. The number of carbonyl (C=O) groups excluding carboxylic acids is 1. The zero-order valence-corrected chi connectivity index (χ0v) is 14.1. The highest BCUT2D eigenvalue weighted by atomic mass is 16.1. The zero-order chi connectivity index (χ0) is 16.8. The Morgan fingerprint density at radius 1 is 1.38 bits per heavy atom. The first kappa shape index (κ1) is 16.6. The van der Waals surface area contributed by atoms with Crippen molar-refractivity contribution in [3.63, 3.8) is 0 Å². The number of nitrogens with one attached hydrogen (secondary N) is 1. The van der Waals surface area contributed by atoms with Crippen molar-refractivity contribution in [1.82, 2.24) is 20.2 Å². The van der Waals surface area contributed by atoms with Crippen molar-refractivity contribution < 1.29 is 4.79 Å². The van der Waals surface area contributed by atoms with Gasteiger partial charge in [-0.1, -0.05) is 6.07 Å². The fourth-order valence-corrected chi connectivity index (χ4v) is 3.27. The van der Waals surface area contributed by atoms with E-state index in [1.54, 1.807) is 12.4 Å². The van der Waals surface area contributed by atoms with E-state index in [2.05, 4.69) is 27.2 Å². The fraction of sp³-hybridized carbons (Fsp3) is 0.421. The number of likely N-dealkylation sites (tertiary alicyclic amines) is 1. The number of carbonyl (C=O) groups is 1. The molecule has 1 aliphatic heterocycles. The molecule has 5 heteroatoms. The molecule has 0 radical (unpaired) electrons. The molecule has 0 saturated carbocycles. The molecule has 1 saturated heterocycles. The van der Waals surface area contributed by atoms with Gasteiger partial charge in [-0.3, -0.25) is 14.8 Å². The standard InChI is InChI=1S/C19H24N4O/c1-23-8-4-5-15(14-23)9-16-10-17(12-20-11-16)19(24)22-13-18-6-2-3-7-21-18/h2-3,6-7,10-12,15H,4-5,8-9,13-14H2,1H3,(H,22,24). The van der Waals surface area contributed by atoms with Crippen LogP contribution in [0.2, 0.25) is 0 Å². The summed E-state index contributed by atoms with van der Waals surface area (Å²) in [5.41, 5.74) is 2.61. The minimum Gasteiger partial charge on any atom is -0.346 e. The highest BCUT2D eigenvalue weighted by molar-refractivity contribution is 5.93. The molecule has 2 aromatic rings. The van der Waals surface area contributed by atoms with Crippen molar-refractivity contribution in [3.05, 3.63) is 59.7 Å². The van der Waals surface area contributed by atoms with Crippen LogP contribution in [0.25, 0.3) is 0 Å². The molecular weight excluding hydrogens is 300 g/mol. The van der Waals surface area contributed by atoms with Crippen LogP contribution in [0.1, 0.15) is 34.5 Å². The molecule has 3 heterocycles. The Kier molecular flexibility index (Phi) is 5.54. The van der Waals surface area contributed by atoms with E-state index < -0.39 is 0 Å². The SMILES string of the molecule is CN1CCCC(Cc2cncc(C(=O)NCc3ccccn3)c2)C1. The minimum atomic E-state index is -0.101. The van der Waals surface area contributed by atoms with Crippen LogP contribution in [0.5, 0.6) is 0 Å². The molecule has 1 atom stereocenters. The van der Waals surface area contributed by atoms with Gasteiger partial charge in [-0.25, -0.2) is 0 Å². The zero-order valence-electron chi connectivity index (χ0n) is 14.1. The summed E-state index contributed by atoms with van der Waals surface area (Å²) in [6.45, 7) is 2.73. The molecule has 2 aromatic heterocycles. The Morgan fingerprint density at radius 2 is 2.29 bits per heavy atom. The smallest absolute Gasteiger partial charge is 0.253 e. The van der Waals surface area contributed by atoms with E-state index in [0.717, 1.165) is 24.2 Å². The highest BCUT2D eigenvalue weighted by Crippen LogP contribution is 2.20. The van der Waals surface area contributed by atoms with Crippen LogP contribution in [-0.2, 0) is 13.0 Å². The molecule has 3 rings (SSSR count). The van der Waals surface area contributed by atoms with Crippen LogP contribution in [0, 0.1) is 5.92 Å². The molecular formula is C19H24N4O. The Bertz CT molecular complexity index is 674. The Hall–Kier alpha value is -2.27. The number of rotatable bonds is 5. The van der Waals surface area contributed by atoms with E-state index in [4.69, 9.17) is 0 Å².